The predicted molar refractivity (Wildman–Crippen MR) is 71.8 cm³/mol. The van der Waals surface area contributed by atoms with Gasteiger partial charge >= 0.3 is 5.97 Å². The summed E-state index contributed by atoms with van der Waals surface area (Å²) in [4.78, 5) is 11.0. The lowest BCUT2D eigenvalue weighted by Crippen LogP contribution is -2.26. The summed E-state index contributed by atoms with van der Waals surface area (Å²) in [7, 11) is 0. The largest absolute Gasteiger partial charge is 0.481 e. The summed E-state index contributed by atoms with van der Waals surface area (Å²) >= 11 is 0. The van der Waals surface area contributed by atoms with Gasteiger partial charge in [0.05, 0.1) is 5.41 Å². The average molecular weight is 265 g/mol. The van der Waals surface area contributed by atoms with Gasteiger partial charge in [0, 0.05) is 18.3 Å². The highest BCUT2D eigenvalue weighted by molar-refractivity contribution is 5.73. The van der Waals surface area contributed by atoms with Crippen LogP contribution >= 0.6 is 0 Å². The van der Waals surface area contributed by atoms with E-state index in [9.17, 15) is 4.79 Å². The first-order valence-corrected chi connectivity index (χ1v) is 6.28. The number of carboxylic acids is 1. The fourth-order valence-corrected chi connectivity index (χ4v) is 1.85. The van der Waals surface area contributed by atoms with Crippen molar-refractivity contribution >= 4 is 11.7 Å². The molecule has 0 amide bonds. The molecule has 0 unspecified atom stereocenters. The molecule has 2 rings (SSSR count). The average Bonchev–Trinajstić information content (AvgIpc) is 2.75. The second-order valence-corrected chi connectivity index (χ2v) is 5.39. The minimum absolute atomic E-state index is 0.254. The maximum Gasteiger partial charge on any atom is 0.309 e. The Bertz CT molecular complexity index is 496. The second kappa shape index (κ2) is 4.99. The van der Waals surface area contributed by atoms with Crippen LogP contribution in [0.2, 0.25) is 0 Å². The van der Waals surface area contributed by atoms with Gasteiger partial charge in [-0.1, -0.05) is 0 Å². The molecule has 0 bridgehead atoms. The summed E-state index contributed by atoms with van der Waals surface area (Å²) in [5, 5.41) is 12.3. The molecule has 2 N–H and O–H groups in total. The molecule has 5 nitrogen and oxygen atoms in total. The number of hydrogen-bond donors (Lipinski definition) is 2. The Balaban J connectivity index is 1.99. The maximum atomic E-state index is 11.0. The van der Waals surface area contributed by atoms with Crippen molar-refractivity contribution in [2.45, 2.75) is 27.2 Å². The summed E-state index contributed by atoms with van der Waals surface area (Å²) in [6.07, 6.45) is 0.552. The van der Waals surface area contributed by atoms with Crippen LogP contribution in [0, 0.1) is 12.3 Å². The Labute approximate surface area is 112 Å². The van der Waals surface area contributed by atoms with Gasteiger partial charge in [0.15, 0.2) is 11.5 Å². The number of aryl methyl sites for hydroxylation is 1. The lowest BCUT2D eigenvalue weighted by molar-refractivity contribution is -0.147. The highest BCUT2D eigenvalue weighted by Crippen LogP contribution is 2.36. The van der Waals surface area contributed by atoms with Gasteiger partial charge < -0.3 is 19.9 Å². The Kier molecular flexibility index (Phi) is 3.55. The van der Waals surface area contributed by atoms with Crippen molar-refractivity contribution in [3.63, 3.8) is 0 Å². The minimum Gasteiger partial charge on any atom is -0.481 e. The third-order valence-electron chi connectivity index (χ3n) is 3.36. The van der Waals surface area contributed by atoms with Crippen molar-refractivity contribution in [3.05, 3.63) is 17.7 Å². The third kappa shape index (κ3) is 2.92. The Morgan fingerprint density at radius 2 is 2.00 bits per heavy atom. The van der Waals surface area contributed by atoms with Crippen LogP contribution in [0.5, 0.6) is 11.5 Å². The number of benzene rings is 1. The van der Waals surface area contributed by atoms with E-state index in [0.29, 0.717) is 13.0 Å². The zero-order chi connectivity index (χ0) is 14.0. The summed E-state index contributed by atoms with van der Waals surface area (Å²) < 4.78 is 10.6. The summed E-state index contributed by atoms with van der Waals surface area (Å²) in [5.41, 5.74) is 1.28. The molecule has 0 saturated carbocycles. The Morgan fingerprint density at radius 1 is 1.37 bits per heavy atom. The van der Waals surface area contributed by atoms with Gasteiger partial charge in [-0.3, -0.25) is 4.79 Å². The van der Waals surface area contributed by atoms with Gasteiger partial charge in [-0.2, -0.15) is 0 Å². The normalized spacial score (nSPS) is 13.4. The molecule has 0 atom stereocenters. The molecule has 1 aliphatic heterocycles. The molecule has 19 heavy (non-hydrogen) atoms. The number of ether oxygens (including phenoxy) is 2. The number of carbonyl (C=O) groups is 1. The zero-order valence-electron chi connectivity index (χ0n) is 11.4. The molecule has 0 fully saturated rings. The molecule has 1 aromatic carbocycles. The first-order chi connectivity index (χ1) is 8.90. The highest BCUT2D eigenvalue weighted by Gasteiger charge is 2.26. The van der Waals surface area contributed by atoms with E-state index in [1.807, 2.05) is 19.1 Å². The molecule has 0 radical (unpaired) electrons. The van der Waals surface area contributed by atoms with Gasteiger partial charge in [0.25, 0.3) is 0 Å². The van der Waals surface area contributed by atoms with Crippen LogP contribution < -0.4 is 14.8 Å². The molecule has 5 heteroatoms. The molecule has 1 heterocycles. The van der Waals surface area contributed by atoms with Crippen LogP contribution in [0.3, 0.4) is 0 Å². The van der Waals surface area contributed by atoms with E-state index >= 15 is 0 Å². The highest BCUT2D eigenvalue weighted by atomic mass is 16.7. The topological polar surface area (TPSA) is 67.8 Å². The van der Waals surface area contributed by atoms with Gasteiger partial charge in [-0.05, 0) is 38.8 Å². The Hall–Kier alpha value is -1.91. The van der Waals surface area contributed by atoms with Crippen LogP contribution in [0.15, 0.2) is 12.1 Å². The van der Waals surface area contributed by atoms with E-state index < -0.39 is 11.4 Å². The summed E-state index contributed by atoms with van der Waals surface area (Å²) in [6, 6.07) is 3.82. The van der Waals surface area contributed by atoms with E-state index in [4.69, 9.17) is 14.6 Å². The molecule has 0 aliphatic carbocycles. The van der Waals surface area contributed by atoms with Crippen molar-refractivity contribution in [2.75, 3.05) is 18.7 Å². The van der Waals surface area contributed by atoms with Gasteiger partial charge in [0.2, 0.25) is 6.79 Å². The molecule has 1 aliphatic rings. The maximum absolute atomic E-state index is 11.0. The number of fused-ring (bicyclic) bond motifs is 1. The van der Waals surface area contributed by atoms with Crippen molar-refractivity contribution in [1.29, 1.82) is 0 Å². The quantitative estimate of drug-likeness (QED) is 0.856. The summed E-state index contributed by atoms with van der Waals surface area (Å²) in [5.74, 6) is 0.705. The van der Waals surface area contributed by atoms with Crippen molar-refractivity contribution in [3.8, 4) is 11.5 Å². The number of aliphatic carboxylic acids is 1. The number of anilines is 1. The van der Waals surface area contributed by atoms with Crippen LogP contribution in [0.1, 0.15) is 25.8 Å². The monoisotopic (exact) mass is 265 g/mol. The lowest BCUT2D eigenvalue weighted by Gasteiger charge is -2.20. The SMILES string of the molecule is Cc1cc2c(cc1NCCC(C)(C)C(=O)O)OCO2. The van der Waals surface area contributed by atoms with Crippen LogP contribution in [-0.4, -0.2) is 24.4 Å². The van der Waals surface area contributed by atoms with E-state index in [0.717, 1.165) is 22.7 Å². The molecular formula is C14H19NO4. The van der Waals surface area contributed by atoms with E-state index in [2.05, 4.69) is 5.32 Å². The second-order valence-electron chi connectivity index (χ2n) is 5.39. The van der Waals surface area contributed by atoms with Crippen LogP contribution in [0.25, 0.3) is 0 Å². The fourth-order valence-electron chi connectivity index (χ4n) is 1.85. The van der Waals surface area contributed by atoms with Crippen molar-refractivity contribution in [2.24, 2.45) is 5.41 Å². The molecule has 104 valence electrons. The lowest BCUT2D eigenvalue weighted by atomic mass is 9.89. The van der Waals surface area contributed by atoms with E-state index in [1.165, 1.54) is 0 Å². The van der Waals surface area contributed by atoms with Crippen LogP contribution in [0.4, 0.5) is 5.69 Å². The Morgan fingerprint density at radius 3 is 2.63 bits per heavy atom. The summed E-state index contributed by atoms with van der Waals surface area (Å²) in [6.45, 7) is 6.28. The van der Waals surface area contributed by atoms with Gasteiger partial charge in [0.1, 0.15) is 0 Å². The van der Waals surface area contributed by atoms with Crippen molar-refractivity contribution in [1.82, 2.24) is 0 Å². The standard InChI is InChI=1S/C14H19NO4/c1-9-6-11-12(19-8-18-11)7-10(9)15-5-4-14(2,3)13(16)17/h6-7,15H,4-5,8H2,1-3H3,(H,16,17). The smallest absolute Gasteiger partial charge is 0.309 e. The fraction of sp³-hybridized carbons (Fsp3) is 0.500. The molecule has 0 aromatic heterocycles. The van der Waals surface area contributed by atoms with Gasteiger partial charge in [-0.15, -0.1) is 0 Å². The zero-order valence-corrected chi connectivity index (χ0v) is 11.4. The number of nitrogens with one attached hydrogen (secondary N) is 1. The number of hydrogen-bond acceptors (Lipinski definition) is 4. The number of rotatable bonds is 5. The minimum atomic E-state index is -0.781. The molecule has 0 saturated heterocycles. The number of carboxylic acid groups (broad SMARTS) is 1. The predicted octanol–water partition coefficient (Wildman–Crippen LogP) is 2.64. The van der Waals surface area contributed by atoms with Crippen molar-refractivity contribution < 1.29 is 19.4 Å². The molecular weight excluding hydrogens is 246 g/mol. The van der Waals surface area contributed by atoms with Crippen LogP contribution in [-0.2, 0) is 4.79 Å². The molecule has 0 spiro atoms. The third-order valence-corrected chi connectivity index (χ3v) is 3.36. The van der Waals surface area contributed by atoms with Gasteiger partial charge in [-0.25, -0.2) is 0 Å². The first-order valence-electron chi connectivity index (χ1n) is 6.28. The van der Waals surface area contributed by atoms with E-state index in [-0.39, 0.29) is 6.79 Å². The van der Waals surface area contributed by atoms with E-state index in [1.54, 1.807) is 13.8 Å². The molecule has 1 aromatic rings. The first kappa shape index (κ1) is 13.5.